The van der Waals surface area contributed by atoms with Gasteiger partial charge in [0.1, 0.15) is 17.2 Å². The van der Waals surface area contributed by atoms with Crippen molar-refractivity contribution >= 4 is 27.8 Å². The van der Waals surface area contributed by atoms with Crippen LogP contribution in [0.3, 0.4) is 0 Å². The number of aromatic nitrogens is 3. The monoisotopic (exact) mass is 346 g/mol. The van der Waals surface area contributed by atoms with Gasteiger partial charge in [0.05, 0.1) is 6.61 Å². The van der Waals surface area contributed by atoms with Gasteiger partial charge in [-0.3, -0.25) is 10.1 Å². The number of amides is 1. The molecule has 1 aromatic heterocycles. The third-order valence-corrected chi connectivity index (χ3v) is 2.66. The van der Waals surface area contributed by atoms with Gasteiger partial charge in [0.15, 0.2) is 0 Å². The number of rotatable bonds is 4. The van der Waals surface area contributed by atoms with E-state index in [1.807, 2.05) is 0 Å². The highest BCUT2D eigenvalue weighted by Crippen LogP contribution is 2.20. The standard InChI is InChI=1S/C11H9BrF2N4O2/c1-2-20-11-16-10(17-18-11)15-9(19)8-6(13)3-5(12)4-7(8)14/h3-4H,2H2,1H3,(H2,15,16,17,18,19). The molecule has 20 heavy (non-hydrogen) atoms. The lowest BCUT2D eigenvalue weighted by atomic mass is 10.2. The quantitative estimate of drug-likeness (QED) is 0.891. The normalized spacial score (nSPS) is 10.4. The SMILES string of the molecule is CCOc1n[nH]c(NC(=O)c2c(F)cc(Br)cc2F)n1. The van der Waals surface area contributed by atoms with E-state index in [4.69, 9.17) is 4.74 Å². The van der Waals surface area contributed by atoms with Gasteiger partial charge in [-0.15, -0.1) is 5.10 Å². The van der Waals surface area contributed by atoms with Gasteiger partial charge in [-0.1, -0.05) is 15.9 Å². The van der Waals surface area contributed by atoms with E-state index in [-0.39, 0.29) is 16.4 Å². The van der Waals surface area contributed by atoms with E-state index < -0.39 is 23.1 Å². The van der Waals surface area contributed by atoms with E-state index in [9.17, 15) is 13.6 Å². The van der Waals surface area contributed by atoms with E-state index in [0.29, 0.717) is 6.61 Å². The number of ether oxygens (including phenoxy) is 1. The average Bonchev–Trinajstić information content (AvgIpc) is 2.75. The summed E-state index contributed by atoms with van der Waals surface area (Å²) in [5.74, 6) is -3.02. The number of nitrogens with one attached hydrogen (secondary N) is 2. The minimum Gasteiger partial charge on any atom is -0.463 e. The van der Waals surface area contributed by atoms with E-state index in [1.54, 1.807) is 6.92 Å². The molecule has 0 bridgehead atoms. The number of carbonyl (C=O) groups is 1. The topological polar surface area (TPSA) is 79.9 Å². The molecule has 2 N–H and O–H groups in total. The Kier molecular flexibility index (Phi) is 4.28. The molecule has 1 amide bonds. The molecule has 0 saturated heterocycles. The van der Waals surface area contributed by atoms with Gasteiger partial charge in [0, 0.05) is 4.47 Å². The Hall–Kier alpha value is -2.03. The Morgan fingerprint density at radius 1 is 1.45 bits per heavy atom. The average molecular weight is 347 g/mol. The third kappa shape index (κ3) is 3.10. The van der Waals surface area contributed by atoms with Crippen molar-refractivity contribution in [3.8, 4) is 6.01 Å². The maximum absolute atomic E-state index is 13.6. The molecular weight excluding hydrogens is 338 g/mol. The van der Waals surface area contributed by atoms with Crippen molar-refractivity contribution in [2.24, 2.45) is 0 Å². The Labute approximate surface area is 120 Å². The molecule has 6 nitrogen and oxygen atoms in total. The smallest absolute Gasteiger partial charge is 0.337 e. The van der Waals surface area contributed by atoms with Crippen LogP contribution in [0.5, 0.6) is 6.01 Å². The van der Waals surface area contributed by atoms with Gasteiger partial charge < -0.3 is 4.74 Å². The van der Waals surface area contributed by atoms with Crippen LogP contribution in [0, 0.1) is 11.6 Å². The Balaban J connectivity index is 2.19. The number of anilines is 1. The summed E-state index contributed by atoms with van der Waals surface area (Å²) in [6.07, 6.45) is 0. The number of hydrogen-bond donors (Lipinski definition) is 2. The van der Waals surface area contributed by atoms with Crippen LogP contribution in [0.4, 0.5) is 14.7 Å². The molecule has 0 aliphatic heterocycles. The fourth-order valence-corrected chi connectivity index (χ4v) is 1.83. The molecule has 1 heterocycles. The first-order valence-corrected chi connectivity index (χ1v) is 6.31. The van der Waals surface area contributed by atoms with Crippen LogP contribution >= 0.6 is 15.9 Å². The van der Waals surface area contributed by atoms with Crippen molar-refractivity contribution in [2.75, 3.05) is 11.9 Å². The zero-order chi connectivity index (χ0) is 14.7. The van der Waals surface area contributed by atoms with Gasteiger partial charge in [0.25, 0.3) is 5.91 Å². The second kappa shape index (κ2) is 5.95. The molecule has 9 heteroatoms. The van der Waals surface area contributed by atoms with E-state index in [0.717, 1.165) is 12.1 Å². The van der Waals surface area contributed by atoms with Crippen molar-refractivity contribution in [3.05, 3.63) is 33.8 Å². The van der Waals surface area contributed by atoms with Crippen LogP contribution in [-0.4, -0.2) is 27.7 Å². The number of H-pyrrole nitrogens is 1. The lowest BCUT2D eigenvalue weighted by Gasteiger charge is -2.05. The molecule has 0 spiro atoms. The van der Waals surface area contributed by atoms with Crippen molar-refractivity contribution in [2.45, 2.75) is 6.92 Å². The molecular formula is C11H9BrF2N4O2. The van der Waals surface area contributed by atoms with Gasteiger partial charge in [0.2, 0.25) is 5.95 Å². The van der Waals surface area contributed by atoms with Crippen LogP contribution in [0.25, 0.3) is 0 Å². The van der Waals surface area contributed by atoms with Crippen LogP contribution < -0.4 is 10.1 Å². The van der Waals surface area contributed by atoms with E-state index >= 15 is 0 Å². The molecule has 0 aliphatic rings. The largest absolute Gasteiger partial charge is 0.463 e. The Bertz CT molecular complexity index is 624. The van der Waals surface area contributed by atoms with Crippen molar-refractivity contribution in [1.29, 1.82) is 0 Å². The predicted octanol–water partition coefficient (Wildman–Crippen LogP) is 2.50. The van der Waals surface area contributed by atoms with Crippen molar-refractivity contribution in [1.82, 2.24) is 15.2 Å². The highest BCUT2D eigenvalue weighted by atomic mass is 79.9. The van der Waals surface area contributed by atoms with Gasteiger partial charge in [-0.05, 0) is 19.1 Å². The molecule has 2 aromatic rings. The first-order valence-electron chi connectivity index (χ1n) is 5.52. The molecule has 0 atom stereocenters. The van der Waals surface area contributed by atoms with Crippen molar-refractivity contribution < 1.29 is 18.3 Å². The van der Waals surface area contributed by atoms with Crippen LogP contribution in [0.1, 0.15) is 17.3 Å². The van der Waals surface area contributed by atoms with Gasteiger partial charge in [-0.2, -0.15) is 4.98 Å². The third-order valence-electron chi connectivity index (χ3n) is 2.20. The van der Waals surface area contributed by atoms with E-state index in [1.165, 1.54) is 0 Å². The number of aromatic amines is 1. The molecule has 0 saturated carbocycles. The van der Waals surface area contributed by atoms with Crippen LogP contribution in [0.2, 0.25) is 0 Å². The molecule has 0 fully saturated rings. The number of hydrogen-bond acceptors (Lipinski definition) is 4. The lowest BCUT2D eigenvalue weighted by molar-refractivity contribution is 0.101. The maximum Gasteiger partial charge on any atom is 0.337 e. The van der Waals surface area contributed by atoms with E-state index in [2.05, 4.69) is 36.4 Å². The summed E-state index contributed by atoms with van der Waals surface area (Å²) < 4.78 is 32.4. The zero-order valence-corrected chi connectivity index (χ0v) is 11.8. The number of carbonyl (C=O) groups excluding carboxylic acids is 1. The zero-order valence-electron chi connectivity index (χ0n) is 10.2. The second-order valence-corrected chi connectivity index (χ2v) is 4.51. The van der Waals surface area contributed by atoms with Crippen LogP contribution in [0.15, 0.2) is 16.6 Å². The summed E-state index contributed by atoms with van der Waals surface area (Å²) in [6, 6.07) is 2.01. The molecule has 1 aromatic carbocycles. The lowest BCUT2D eigenvalue weighted by Crippen LogP contribution is -2.16. The van der Waals surface area contributed by atoms with Gasteiger partial charge in [-0.25, -0.2) is 13.9 Å². The molecule has 0 aliphatic carbocycles. The summed E-state index contributed by atoms with van der Waals surface area (Å²) in [6.45, 7) is 2.09. The predicted molar refractivity (Wildman–Crippen MR) is 69.6 cm³/mol. The first kappa shape index (κ1) is 14.4. The molecule has 0 unspecified atom stereocenters. The van der Waals surface area contributed by atoms with Crippen molar-refractivity contribution in [3.63, 3.8) is 0 Å². The summed E-state index contributed by atoms with van der Waals surface area (Å²) in [4.78, 5) is 15.6. The number of halogens is 3. The summed E-state index contributed by atoms with van der Waals surface area (Å²) in [5.41, 5.74) is -0.706. The highest BCUT2D eigenvalue weighted by molar-refractivity contribution is 9.10. The minimum absolute atomic E-state index is 0.0274. The maximum atomic E-state index is 13.6. The Morgan fingerprint density at radius 2 is 2.10 bits per heavy atom. The first-order chi connectivity index (χ1) is 9.51. The number of benzene rings is 1. The fourth-order valence-electron chi connectivity index (χ4n) is 1.43. The van der Waals surface area contributed by atoms with Crippen LogP contribution in [-0.2, 0) is 0 Å². The molecule has 0 radical (unpaired) electrons. The minimum atomic E-state index is -0.987. The summed E-state index contributed by atoms with van der Waals surface area (Å²) in [7, 11) is 0. The number of nitrogens with zero attached hydrogens (tertiary/aromatic N) is 2. The highest BCUT2D eigenvalue weighted by Gasteiger charge is 2.19. The summed E-state index contributed by atoms with van der Waals surface area (Å²) in [5, 5.41) is 8.21. The molecule has 2 rings (SSSR count). The second-order valence-electron chi connectivity index (χ2n) is 3.60. The fraction of sp³-hybridized carbons (Fsp3) is 0.182. The Morgan fingerprint density at radius 3 is 2.70 bits per heavy atom. The van der Waals surface area contributed by atoms with Gasteiger partial charge >= 0.3 is 6.01 Å². The molecule has 106 valence electrons. The summed E-state index contributed by atoms with van der Waals surface area (Å²) >= 11 is 2.93.